The zero-order valence-electron chi connectivity index (χ0n) is 16.9. The maximum atomic E-state index is 5.50. The third-order valence-electron chi connectivity index (χ3n) is 4.68. The maximum Gasteiger partial charge on any atom is 0.191 e. The minimum absolute atomic E-state index is 0.0708. The van der Waals surface area contributed by atoms with E-state index in [1.807, 2.05) is 34.9 Å². The Hall–Kier alpha value is -3.09. The molecule has 148 valence electrons. The van der Waals surface area contributed by atoms with Crippen LogP contribution in [0.3, 0.4) is 0 Å². The molecule has 3 aromatic rings. The second-order valence-electron chi connectivity index (χ2n) is 6.76. The number of hydrogen-bond donors (Lipinski definition) is 2. The molecule has 7 heteroatoms. The first-order valence-corrected chi connectivity index (χ1v) is 9.52. The van der Waals surface area contributed by atoms with Gasteiger partial charge in [-0.25, -0.2) is 0 Å². The summed E-state index contributed by atoms with van der Waals surface area (Å²) in [5.74, 6) is 2.61. The Labute approximate surface area is 165 Å². The Bertz CT molecular complexity index is 949. The lowest BCUT2D eigenvalue weighted by Crippen LogP contribution is -2.39. The summed E-state index contributed by atoms with van der Waals surface area (Å²) in [5.41, 5.74) is 3.19. The van der Waals surface area contributed by atoms with Gasteiger partial charge in [-0.3, -0.25) is 9.39 Å². The second-order valence-corrected chi connectivity index (χ2v) is 6.76. The van der Waals surface area contributed by atoms with Crippen LogP contribution in [0.2, 0.25) is 0 Å². The van der Waals surface area contributed by atoms with Gasteiger partial charge in [-0.05, 0) is 38.5 Å². The van der Waals surface area contributed by atoms with Gasteiger partial charge in [0.25, 0.3) is 0 Å². The molecule has 0 radical (unpaired) electrons. The Morgan fingerprint density at radius 1 is 1.25 bits per heavy atom. The number of fused-ring (bicyclic) bond motifs is 1. The summed E-state index contributed by atoms with van der Waals surface area (Å²) >= 11 is 0. The molecule has 1 atom stereocenters. The Balaban J connectivity index is 1.53. The van der Waals surface area contributed by atoms with E-state index in [4.69, 9.17) is 4.74 Å². The lowest BCUT2D eigenvalue weighted by Gasteiger charge is -2.20. The lowest BCUT2D eigenvalue weighted by molar-refractivity contribution is 0.405. The van der Waals surface area contributed by atoms with E-state index in [0.717, 1.165) is 48.1 Å². The van der Waals surface area contributed by atoms with Gasteiger partial charge < -0.3 is 15.4 Å². The van der Waals surface area contributed by atoms with Crippen LogP contribution in [-0.4, -0.2) is 41.3 Å². The van der Waals surface area contributed by atoms with Gasteiger partial charge in [0, 0.05) is 31.8 Å². The SMILES string of the molecule is CN=C(NCCCc1nnc2ccccn12)NC(C)c1cc(C)ccc1OC. The third-order valence-corrected chi connectivity index (χ3v) is 4.68. The van der Waals surface area contributed by atoms with Crippen LogP contribution in [0.1, 0.15) is 36.3 Å². The summed E-state index contributed by atoms with van der Waals surface area (Å²) in [7, 11) is 3.48. The fourth-order valence-corrected chi connectivity index (χ4v) is 3.18. The molecule has 2 aromatic heterocycles. The van der Waals surface area contributed by atoms with E-state index in [9.17, 15) is 0 Å². The number of ether oxygens (including phenoxy) is 1. The predicted molar refractivity (Wildman–Crippen MR) is 112 cm³/mol. The molecule has 3 rings (SSSR count). The number of aliphatic imine (C=N–C) groups is 1. The van der Waals surface area contributed by atoms with Crippen LogP contribution in [0, 0.1) is 6.92 Å². The molecular formula is C21H28N6O. The fourth-order valence-electron chi connectivity index (χ4n) is 3.18. The molecule has 0 saturated carbocycles. The summed E-state index contributed by atoms with van der Waals surface area (Å²) in [6, 6.07) is 12.2. The van der Waals surface area contributed by atoms with Crippen LogP contribution >= 0.6 is 0 Å². The van der Waals surface area contributed by atoms with Crippen LogP contribution in [-0.2, 0) is 6.42 Å². The number of guanidine groups is 1. The average Bonchev–Trinajstić information content (AvgIpc) is 3.13. The molecule has 0 saturated heterocycles. The molecule has 0 aliphatic heterocycles. The highest BCUT2D eigenvalue weighted by molar-refractivity contribution is 5.80. The number of benzene rings is 1. The number of rotatable bonds is 7. The van der Waals surface area contributed by atoms with Crippen LogP contribution in [0.15, 0.2) is 47.6 Å². The molecule has 1 unspecified atom stereocenters. The molecule has 0 fully saturated rings. The number of pyridine rings is 1. The zero-order valence-corrected chi connectivity index (χ0v) is 16.9. The van der Waals surface area contributed by atoms with Gasteiger partial charge in [0.2, 0.25) is 0 Å². The van der Waals surface area contributed by atoms with Crippen molar-refractivity contribution < 1.29 is 4.74 Å². The molecule has 0 aliphatic carbocycles. The third kappa shape index (κ3) is 4.60. The van der Waals surface area contributed by atoms with Crippen molar-refractivity contribution in [3.05, 3.63) is 59.5 Å². The van der Waals surface area contributed by atoms with Gasteiger partial charge in [-0.1, -0.05) is 23.8 Å². The lowest BCUT2D eigenvalue weighted by atomic mass is 10.0. The zero-order chi connectivity index (χ0) is 19.9. The van der Waals surface area contributed by atoms with Gasteiger partial charge >= 0.3 is 0 Å². The molecule has 2 heterocycles. The van der Waals surface area contributed by atoms with Crippen LogP contribution in [0.25, 0.3) is 5.65 Å². The van der Waals surface area contributed by atoms with Crippen molar-refractivity contribution in [3.63, 3.8) is 0 Å². The fraction of sp³-hybridized carbons (Fsp3) is 0.381. The number of nitrogens with zero attached hydrogens (tertiary/aromatic N) is 4. The molecule has 2 N–H and O–H groups in total. The maximum absolute atomic E-state index is 5.50. The molecular weight excluding hydrogens is 352 g/mol. The molecule has 28 heavy (non-hydrogen) atoms. The van der Waals surface area contributed by atoms with Crippen molar-refractivity contribution in [1.29, 1.82) is 0 Å². The number of nitrogens with one attached hydrogen (secondary N) is 2. The van der Waals surface area contributed by atoms with Crippen molar-refractivity contribution in [1.82, 2.24) is 25.2 Å². The molecule has 1 aromatic carbocycles. The first kappa shape index (κ1) is 19.7. The smallest absolute Gasteiger partial charge is 0.191 e. The molecule has 0 amide bonds. The van der Waals surface area contributed by atoms with Gasteiger partial charge in [0.05, 0.1) is 13.2 Å². The van der Waals surface area contributed by atoms with Gasteiger partial charge in [0.1, 0.15) is 11.6 Å². The summed E-state index contributed by atoms with van der Waals surface area (Å²) in [6.07, 6.45) is 3.77. The van der Waals surface area contributed by atoms with E-state index in [0.29, 0.717) is 0 Å². The first-order valence-electron chi connectivity index (χ1n) is 9.52. The summed E-state index contributed by atoms with van der Waals surface area (Å²) < 4.78 is 7.52. The highest BCUT2D eigenvalue weighted by Crippen LogP contribution is 2.25. The van der Waals surface area contributed by atoms with Crippen molar-refractivity contribution in [2.75, 3.05) is 20.7 Å². The summed E-state index contributed by atoms with van der Waals surface area (Å²) in [4.78, 5) is 4.34. The van der Waals surface area contributed by atoms with E-state index in [-0.39, 0.29) is 6.04 Å². The van der Waals surface area contributed by atoms with Crippen molar-refractivity contribution >= 4 is 11.6 Å². The number of aromatic nitrogens is 3. The number of hydrogen-bond acceptors (Lipinski definition) is 4. The quantitative estimate of drug-likeness (QED) is 0.374. The molecule has 0 spiro atoms. The normalized spacial score (nSPS) is 12.8. The van der Waals surface area contributed by atoms with Gasteiger partial charge in [-0.2, -0.15) is 0 Å². The average molecular weight is 380 g/mol. The van der Waals surface area contributed by atoms with Gasteiger partial charge in [-0.15, -0.1) is 10.2 Å². The monoisotopic (exact) mass is 380 g/mol. The van der Waals surface area contributed by atoms with Crippen molar-refractivity contribution in [3.8, 4) is 5.75 Å². The highest BCUT2D eigenvalue weighted by Gasteiger charge is 2.13. The van der Waals surface area contributed by atoms with E-state index in [1.54, 1.807) is 14.2 Å². The largest absolute Gasteiger partial charge is 0.496 e. The predicted octanol–water partition coefficient (Wildman–Crippen LogP) is 2.91. The Morgan fingerprint density at radius 2 is 2.11 bits per heavy atom. The van der Waals surface area contributed by atoms with Crippen molar-refractivity contribution in [2.24, 2.45) is 4.99 Å². The van der Waals surface area contributed by atoms with E-state index in [1.165, 1.54) is 5.56 Å². The van der Waals surface area contributed by atoms with Crippen LogP contribution in [0.5, 0.6) is 5.75 Å². The number of aryl methyl sites for hydroxylation is 2. The van der Waals surface area contributed by atoms with E-state index < -0.39 is 0 Å². The number of methoxy groups -OCH3 is 1. The van der Waals surface area contributed by atoms with E-state index >= 15 is 0 Å². The van der Waals surface area contributed by atoms with Crippen LogP contribution < -0.4 is 15.4 Å². The standard InChI is InChI=1S/C21H28N6O/c1-15-10-11-18(28-4)17(14-15)16(2)24-21(22-3)23-12-7-9-20-26-25-19-8-5-6-13-27(19)20/h5-6,8,10-11,13-14,16H,7,9,12H2,1-4H3,(H2,22,23,24). The Morgan fingerprint density at radius 3 is 2.89 bits per heavy atom. The summed E-state index contributed by atoms with van der Waals surface area (Å²) in [6.45, 7) is 4.97. The minimum Gasteiger partial charge on any atom is -0.496 e. The minimum atomic E-state index is 0.0708. The van der Waals surface area contributed by atoms with Crippen molar-refractivity contribution in [2.45, 2.75) is 32.7 Å². The highest BCUT2D eigenvalue weighted by atomic mass is 16.5. The Kier molecular flexibility index (Phi) is 6.47. The van der Waals surface area contributed by atoms with E-state index in [2.05, 4.69) is 51.8 Å². The molecule has 7 nitrogen and oxygen atoms in total. The van der Waals surface area contributed by atoms with Crippen LogP contribution in [0.4, 0.5) is 0 Å². The summed E-state index contributed by atoms with van der Waals surface area (Å²) in [5, 5.41) is 15.3. The molecule has 0 bridgehead atoms. The second kappa shape index (κ2) is 9.21. The first-order chi connectivity index (χ1) is 13.6. The topological polar surface area (TPSA) is 75.8 Å². The molecule has 0 aliphatic rings. The van der Waals surface area contributed by atoms with Gasteiger partial charge in [0.15, 0.2) is 11.6 Å².